The number of benzene rings is 1. The van der Waals surface area contributed by atoms with Crippen molar-refractivity contribution in [3.63, 3.8) is 0 Å². The van der Waals surface area contributed by atoms with E-state index >= 15 is 0 Å². The highest BCUT2D eigenvalue weighted by atomic mass is 32.2. The molecule has 0 atom stereocenters. The molecule has 0 amide bonds. The van der Waals surface area contributed by atoms with E-state index in [1.165, 1.54) is 12.8 Å². The standard InChI is InChI=1S/C16H22N2O2S/c1-13-6-7-15(4-2-10-17)12-16(13)21(19,20)18-11-3-5-14-8-9-14/h6-7,12,14,18H,3,5,8-11,17H2,1H3. The lowest BCUT2D eigenvalue weighted by Crippen LogP contribution is -2.25. The highest BCUT2D eigenvalue weighted by Gasteiger charge is 2.21. The fourth-order valence-corrected chi connectivity index (χ4v) is 3.54. The molecule has 1 aliphatic carbocycles. The van der Waals surface area contributed by atoms with Crippen LogP contribution in [0, 0.1) is 24.7 Å². The van der Waals surface area contributed by atoms with Crippen LogP contribution in [0.15, 0.2) is 23.1 Å². The maximum Gasteiger partial charge on any atom is 0.240 e. The van der Waals surface area contributed by atoms with Crippen LogP contribution in [0.1, 0.15) is 36.8 Å². The largest absolute Gasteiger partial charge is 0.320 e. The van der Waals surface area contributed by atoms with Gasteiger partial charge >= 0.3 is 0 Å². The van der Waals surface area contributed by atoms with Gasteiger partial charge in [-0.3, -0.25) is 0 Å². The van der Waals surface area contributed by atoms with Gasteiger partial charge in [0.2, 0.25) is 10.0 Å². The Morgan fingerprint density at radius 1 is 1.38 bits per heavy atom. The molecular weight excluding hydrogens is 284 g/mol. The monoisotopic (exact) mass is 306 g/mol. The molecule has 114 valence electrons. The van der Waals surface area contributed by atoms with Gasteiger partial charge in [0.25, 0.3) is 0 Å². The molecule has 0 aromatic heterocycles. The Labute approximate surface area is 127 Å². The zero-order chi connectivity index (χ0) is 15.3. The Hall–Kier alpha value is -1.35. The van der Waals surface area contributed by atoms with Crippen molar-refractivity contribution in [2.75, 3.05) is 13.1 Å². The van der Waals surface area contributed by atoms with E-state index in [1.807, 2.05) is 6.07 Å². The predicted octanol–water partition coefficient (Wildman–Crippen LogP) is 1.77. The molecule has 1 aromatic carbocycles. The molecule has 0 saturated heterocycles. The number of sulfonamides is 1. The van der Waals surface area contributed by atoms with Gasteiger partial charge in [-0.15, -0.1) is 0 Å². The maximum atomic E-state index is 12.4. The molecule has 1 aromatic rings. The second-order valence-electron chi connectivity index (χ2n) is 5.47. The van der Waals surface area contributed by atoms with Gasteiger partial charge in [0, 0.05) is 12.1 Å². The van der Waals surface area contributed by atoms with Gasteiger partial charge in [0.05, 0.1) is 11.4 Å². The van der Waals surface area contributed by atoms with Crippen molar-refractivity contribution in [2.45, 2.75) is 37.5 Å². The number of nitrogens with two attached hydrogens (primary N) is 1. The summed E-state index contributed by atoms with van der Waals surface area (Å²) < 4.78 is 27.4. The minimum absolute atomic E-state index is 0.259. The van der Waals surface area contributed by atoms with Crippen LogP contribution in [-0.4, -0.2) is 21.5 Å². The lowest BCUT2D eigenvalue weighted by Gasteiger charge is -2.09. The van der Waals surface area contributed by atoms with Crippen LogP contribution in [0.3, 0.4) is 0 Å². The lowest BCUT2D eigenvalue weighted by molar-refractivity contribution is 0.572. The SMILES string of the molecule is Cc1ccc(C#CCN)cc1S(=O)(=O)NCCCC1CC1. The predicted molar refractivity (Wildman–Crippen MR) is 84.3 cm³/mol. The first-order chi connectivity index (χ1) is 10.0. The van der Waals surface area contributed by atoms with E-state index < -0.39 is 10.0 Å². The quantitative estimate of drug-likeness (QED) is 0.621. The van der Waals surface area contributed by atoms with Gasteiger partial charge in [0.15, 0.2) is 0 Å². The van der Waals surface area contributed by atoms with E-state index in [9.17, 15) is 8.42 Å². The molecule has 1 fully saturated rings. The van der Waals surface area contributed by atoms with Crippen molar-refractivity contribution in [3.05, 3.63) is 29.3 Å². The molecule has 0 aliphatic heterocycles. The average molecular weight is 306 g/mol. The Morgan fingerprint density at radius 3 is 2.81 bits per heavy atom. The lowest BCUT2D eigenvalue weighted by atomic mass is 10.1. The van der Waals surface area contributed by atoms with Crippen molar-refractivity contribution in [1.29, 1.82) is 0 Å². The normalized spacial score (nSPS) is 14.6. The molecule has 4 nitrogen and oxygen atoms in total. The molecule has 0 bridgehead atoms. The number of hydrogen-bond donors (Lipinski definition) is 2. The highest BCUT2D eigenvalue weighted by molar-refractivity contribution is 7.89. The van der Waals surface area contributed by atoms with E-state index in [2.05, 4.69) is 16.6 Å². The van der Waals surface area contributed by atoms with Crippen LogP contribution in [0.25, 0.3) is 0 Å². The molecular formula is C16H22N2O2S. The van der Waals surface area contributed by atoms with Gasteiger partial charge in [-0.05, 0) is 43.4 Å². The second-order valence-corrected chi connectivity index (χ2v) is 7.20. The number of nitrogens with one attached hydrogen (secondary N) is 1. The zero-order valence-corrected chi connectivity index (χ0v) is 13.2. The number of hydrogen-bond acceptors (Lipinski definition) is 3. The minimum atomic E-state index is -3.47. The Morgan fingerprint density at radius 2 is 2.14 bits per heavy atom. The summed E-state index contributed by atoms with van der Waals surface area (Å²) >= 11 is 0. The molecule has 0 radical (unpaired) electrons. The van der Waals surface area contributed by atoms with Crippen LogP contribution in [0.2, 0.25) is 0 Å². The fourth-order valence-electron chi connectivity index (χ4n) is 2.20. The molecule has 1 aliphatic rings. The minimum Gasteiger partial charge on any atom is -0.320 e. The summed E-state index contributed by atoms with van der Waals surface area (Å²) in [4.78, 5) is 0.303. The van der Waals surface area contributed by atoms with Crippen LogP contribution in [0.5, 0.6) is 0 Å². The summed E-state index contributed by atoms with van der Waals surface area (Å²) in [5.74, 6) is 6.43. The Bertz CT molecular complexity index is 653. The van der Waals surface area contributed by atoms with Crippen molar-refractivity contribution in [1.82, 2.24) is 4.72 Å². The molecule has 2 rings (SSSR count). The summed E-state index contributed by atoms with van der Waals surface area (Å²) in [6.07, 6.45) is 4.61. The van der Waals surface area contributed by atoms with Crippen LogP contribution in [-0.2, 0) is 10.0 Å². The van der Waals surface area contributed by atoms with E-state index in [4.69, 9.17) is 5.73 Å². The summed E-state index contributed by atoms with van der Waals surface area (Å²) in [6, 6.07) is 5.20. The van der Waals surface area contributed by atoms with E-state index in [0.717, 1.165) is 24.3 Å². The third-order valence-corrected chi connectivity index (χ3v) is 5.19. The van der Waals surface area contributed by atoms with Gasteiger partial charge in [-0.25, -0.2) is 13.1 Å². The topological polar surface area (TPSA) is 72.2 Å². The third kappa shape index (κ3) is 4.85. The zero-order valence-electron chi connectivity index (χ0n) is 12.4. The molecule has 21 heavy (non-hydrogen) atoms. The van der Waals surface area contributed by atoms with Gasteiger partial charge in [0.1, 0.15) is 0 Å². The first-order valence-corrected chi connectivity index (χ1v) is 8.80. The van der Waals surface area contributed by atoms with Crippen molar-refractivity contribution >= 4 is 10.0 Å². The highest BCUT2D eigenvalue weighted by Crippen LogP contribution is 2.33. The molecule has 0 heterocycles. The molecule has 3 N–H and O–H groups in total. The van der Waals surface area contributed by atoms with E-state index in [-0.39, 0.29) is 6.54 Å². The maximum absolute atomic E-state index is 12.4. The van der Waals surface area contributed by atoms with Gasteiger partial charge in [-0.2, -0.15) is 0 Å². The second kappa shape index (κ2) is 7.08. The van der Waals surface area contributed by atoms with Crippen LogP contribution >= 0.6 is 0 Å². The summed E-state index contributed by atoms with van der Waals surface area (Å²) in [5.41, 5.74) is 6.73. The molecule has 1 saturated carbocycles. The van der Waals surface area contributed by atoms with E-state index in [0.29, 0.717) is 17.0 Å². The molecule has 0 spiro atoms. The Balaban J connectivity index is 2.06. The summed E-state index contributed by atoms with van der Waals surface area (Å²) in [7, 11) is -3.47. The van der Waals surface area contributed by atoms with Gasteiger partial charge < -0.3 is 5.73 Å². The Kier molecular flexibility index (Phi) is 5.40. The summed E-state index contributed by atoms with van der Waals surface area (Å²) in [5, 5.41) is 0. The molecule has 5 heteroatoms. The third-order valence-electron chi connectivity index (χ3n) is 3.59. The first-order valence-electron chi connectivity index (χ1n) is 7.32. The average Bonchev–Trinajstić information content (AvgIpc) is 3.27. The van der Waals surface area contributed by atoms with Gasteiger partial charge in [-0.1, -0.05) is 30.7 Å². The first kappa shape index (κ1) is 16.0. The smallest absolute Gasteiger partial charge is 0.240 e. The van der Waals surface area contributed by atoms with Crippen molar-refractivity contribution in [2.24, 2.45) is 11.7 Å². The van der Waals surface area contributed by atoms with Crippen LogP contribution in [0.4, 0.5) is 0 Å². The molecule has 0 unspecified atom stereocenters. The van der Waals surface area contributed by atoms with Crippen molar-refractivity contribution < 1.29 is 8.42 Å². The fraction of sp³-hybridized carbons (Fsp3) is 0.500. The number of aryl methyl sites for hydroxylation is 1. The number of rotatable bonds is 6. The van der Waals surface area contributed by atoms with Crippen molar-refractivity contribution in [3.8, 4) is 11.8 Å². The van der Waals surface area contributed by atoms with Crippen LogP contribution < -0.4 is 10.5 Å². The summed E-state index contributed by atoms with van der Waals surface area (Å²) in [6.45, 7) is 2.55. The van der Waals surface area contributed by atoms with E-state index in [1.54, 1.807) is 19.1 Å².